The Morgan fingerprint density at radius 1 is 1.19 bits per heavy atom. The van der Waals surface area contributed by atoms with Crippen molar-refractivity contribution in [2.75, 3.05) is 6.54 Å². The predicted molar refractivity (Wildman–Crippen MR) is 120 cm³/mol. The van der Waals surface area contributed by atoms with E-state index in [0.29, 0.717) is 39.8 Å². The summed E-state index contributed by atoms with van der Waals surface area (Å²) >= 11 is 6.22. The molecule has 0 spiro atoms. The van der Waals surface area contributed by atoms with Gasteiger partial charge >= 0.3 is 0 Å². The zero-order chi connectivity index (χ0) is 21.7. The molecule has 31 heavy (non-hydrogen) atoms. The first-order valence-electron chi connectivity index (χ1n) is 10.7. The Labute approximate surface area is 185 Å². The fourth-order valence-electron chi connectivity index (χ4n) is 4.29. The van der Waals surface area contributed by atoms with Gasteiger partial charge in [0, 0.05) is 18.2 Å². The number of halogens is 1. The molecule has 0 bridgehead atoms. The molecule has 6 nitrogen and oxygen atoms in total. The number of benzene rings is 2. The highest BCUT2D eigenvalue weighted by atomic mass is 35.5. The van der Waals surface area contributed by atoms with E-state index in [1.165, 1.54) is 4.57 Å². The quantitative estimate of drug-likeness (QED) is 0.564. The van der Waals surface area contributed by atoms with E-state index in [1.54, 1.807) is 18.2 Å². The van der Waals surface area contributed by atoms with Crippen LogP contribution in [-0.2, 0) is 12.3 Å². The zero-order valence-electron chi connectivity index (χ0n) is 17.6. The minimum absolute atomic E-state index is 0.0234. The van der Waals surface area contributed by atoms with Gasteiger partial charge in [-0.3, -0.25) is 14.2 Å². The number of aromatic nitrogens is 2. The molecule has 3 aromatic rings. The summed E-state index contributed by atoms with van der Waals surface area (Å²) in [4.78, 5) is 33.3. The fraction of sp³-hybridized carbons (Fsp3) is 0.375. The first kappa shape index (κ1) is 20.1. The molecule has 1 aromatic heterocycles. The summed E-state index contributed by atoms with van der Waals surface area (Å²) in [5.74, 6) is 1.06. The smallest absolute Gasteiger partial charge is 0.266 e. The van der Waals surface area contributed by atoms with Crippen molar-refractivity contribution in [3.05, 3.63) is 63.7 Å². The Kier molecular flexibility index (Phi) is 4.97. The maximum absolute atomic E-state index is 13.5. The van der Waals surface area contributed by atoms with E-state index in [9.17, 15) is 9.59 Å². The van der Waals surface area contributed by atoms with Crippen molar-refractivity contribution < 1.29 is 9.53 Å². The van der Waals surface area contributed by atoms with Crippen molar-refractivity contribution in [1.82, 2.24) is 14.5 Å². The number of rotatable bonds is 5. The van der Waals surface area contributed by atoms with E-state index in [-0.39, 0.29) is 23.5 Å². The lowest BCUT2D eigenvalue weighted by Gasteiger charge is -2.30. The first-order chi connectivity index (χ1) is 15.0. The number of amides is 1. The van der Waals surface area contributed by atoms with Crippen molar-refractivity contribution in [1.29, 1.82) is 0 Å². The van der Waals surface area contributed by atoms with Gasteiger partial charge in [0.2, 0.25) is 0 Å². The molecule has 1 fully saturated rings. The second-order valence-corrected chi connectivity index (χ2v) is 8.71. The van der Waals surface area contributed by atoms with Gasteiger partial charge < -0.3 is 9.64 Å². The number of carbonyl (C=O) groups excluding carboxylic acids is 1. The van der Waals surface area contributed by atoms with Crippen LogP contribution in [0.4, 0.5) is 0 Å². The first-order valence-corrected chi connectivity index (χ1v) is 11.2. The van der Waals surface area contributed by atoms with Gasteiger partial charge in [-0.05, 0) is 62.9 Å². The highest BCUT2D eigenvalue weighted by molar-refractivity contribution is 6.16. The SMILES string of the molecule is CC(C)Oc1cc2c(cc1-n1c(CCl)nc3ccccc3c1=O)C(=O)N(C1CC1)CC2. The lowest BCUT2D eigenvalue weighted by Crippen LogP contribution is -2.39. The average molecular weight is 438 g/mol. The summed E-state index contributed by atoms with van der Waals surface area (Å²) in [6.45, 7) is 4.60. The normalized spacial score (nSPS) is 16.1. The molecule has 1 amide bonds. The molecule has 7 heteroatoms. The van der Waals surface area contributed by atoms with E-state index in [1.807, 2.05) is 36.9 Å². The molecule has 1 aliphatic heterocycles. The van der Waals surface area contributed by atoms with E-state index in [4.69, 9.17) is 16.3 Å². The van der Waals surface area contributed by atoms with Crippen LogP contribution in [0.5, 0.6) is 5.75 Å². The van der Waals surface area contributed by atoms with Gasteiger partial charge in [-0.25, -0.2) is 4.98 Å². The molecule has 1 saturated carbocycles. The van der Waals surface area contributed by atoms with Gasteiger partial charge in [-0.1, -0.05) is 12.1 Å². The molecule has 0 saturated heterocycles. The van der Waals surface area contributed by atoms with Crippen LogP contribution in [0.1, 0.15) is 48.4 Å². The summed E-state index contributed by atoms with van der Waals surface area (Å²) in [5, 5.41) is 0.496. The number of para-hydroxylation sites is 1. The van der Waals surface area contributed by atoms with Gasteiger partial charge in [-0.2, -0.15) is 0 Å². The maximum Gasteiger partial charge on any atom is 0.266 e. The second kappa shape index (κ2) is 7.68. The summed E-state index contributed by atoms with van der Waals surface area (Å²) < 4.78 is 7.60. The number of ether oxygens (including phenoxy) is 1. The molecule has 0 radical (unpaired) electrons. The minimum atomic E-state index is -0.225. The summed E-state index contributed by atoms with van der Waals surface area (Å²) in [5.41, 5.74) is 2.47. The van der Waals surface area contributed by atoms with Gasteiger partial charge in [0.25, 0.3) is 11.5 Å². The van der Waals surface area contributed by atoms with Crippen molar-refractivity contribution in [3.8, 4) is 11.4 Å². The third kappa shape index (κ3) is 3.49. The maximum atomic E-state index is 13.5. The molecule has 160 valence electrons. The van der Waals surface area contributed by atoms with Crippen LogP contribution in [0.25, 0.3) is 16.6 Å². The Bertz CT molecular complexity index is 1250. The minimum Gasteiger partial charge on any atom is -0.489 e. The topological polar surface area (TPSA) is 64.4 Å². The number of hydrogen-bond acceptors (Lipinski definition) is 4. The van der Waals surface area contributed by atoms with Crippen LogP contribution >= 0.6 is 11.6 Å². The average Bonchev–Trinajstić information content (AvgIpc) is 3.59. The van der Waals surface area contributed by atoms with E-state index in [0.717, 1.165) is 31.4 Å². The second-order valence-electron chi connectivity index (χ2n) is 8.44. The molecular weight excluding hydrogens is 414 g/mol. The van der Waals surface area contributed by atoms with Crippen LogP contribution in [-0.4, -0.2) is 39.0 Å². The Morgan fingerprint density at radius 2 is 1.97 bits per heavy atom. The fourth-order valence-corrected chi connectivity index (χ4v) is 4.47. The van der Waals surface area contributed by atoms with Crippen molar-refractivity contribution in [2.45, 2.75) is 51.1 Å². The standard InChI is InChI=1S/C24H24ClN3O3/c1-14(2)31-21-11-15-9-10-27(16-7-8-16)23(29)18(15)12-20(21)28-22(13-25)26-19-6-4-3-5-17(19)24(28)30/h3-6,11-12,14,16H,7-10,13H2,1-2H3. The molecule has 2 aliphatic rings. The molecular formula is C24H24ClN3O3. The number of nitrogens with zero attached hydrogens (tertiary/aromatic N) is 3. The zero-order valence-corrected chi connectivity index (χ0v) is 18.4. The van der Waals surface area contributed by atoms with Crippen LogP contribution in [0.15, 0.2) is 41.2 Å². The highest BCUT2D eigenvalue weighted by Crippen LogP contribution is 2.36. The molecule has 0 unspecified atom stereocenters. The van der Waals surface area contributed by atoms with Crippen molar-refractivity contribution in [3.63, 3.8) is 0 Å². The van der Waals surface area contributed by atoms with Crippen molar-refractivity contribution >= 4 is 28.4 Å². The largest absolute Gasteiger partial charge is 0.489 e. The van der Waals surface area contributed by atoms with E-state index >= 15 is 0 Å². The van der Waals surface area contributed by atoms with Crippen LogP contribution < -0.4 is 10.3 Å². The lowest BCUT2D eigenvalue weighted by molar-refractivity contribution is 0.0726. The Hall–Kier alpha value is -2.86. The van der Waals surface area contributed by atoms with Crippen LogP contribution in [0.2, 0.25) is 0 Å². The van der Waals surface area contributed by atoms with E-state index < -0.39 is 0 Å². The summed E-state index contributed by atoms with van der Waals surface area (Å²) in [6.07, 6.45) is 2.81. The molecule has 0 atom stereocenters. The summed E-state index contributed by atoms with van der Waals surface area (Å²) in [7, 11) is 0. The molecule has 2 aromatic carbocycles. The lowest BCUT2D eigenvalue weighted by atomic mass is 9.97. The van der Waals surface area contributed by atoms with Crippen molar-refractivity contribution in [2.24, 2.45) is 0 Å². The summed E-state index contributed by atoms with van der Waals surface area (Å²) in [6, 6.07) is 11.2. The van der Waals surface area contributed by atoms with Gasteiger partial charge in [0.05, 0.1) is 28.6 Å². The third-order valence-corrected chi connectivity index (χ3v) is 6.09. The molecule has 2 heterocycles. The molecule has 5 rings (SSSR count). The van der Waals surface area contributed by atoms with Gasteiger partial charge in [0.15, 0.2) is 0 Å². The monoisotopic (exact) mass is 437 g/mol. The molecule has 1 aliphatic carbocycles. The Balaban J connectivity index is 1.76. The number of hydrogen-bond donors (Lipinski definition) is 0. The van der Waals surface area contributed by atoms with E-state index in [2.05, 4.69) is 4.98 Å². The highest BCUT2D eigenvalue weighted by Gasteiger charge is 2.36. The van der Waals surface area contributed by atoms with Crippen LogP contribution in [0, 0.1) is 0 Å². The molecule has 0 N–H and O–H groups in total. The number of carbonyl (C=O) groups is 1. The van der Waals surface area contributed by atoms with Gasteiger partial charge in [0.1, 0.15) is 11.6 Å². The van der Waals surface area contributed by atoms with Gasteiger partial charge in [-0.15, -0.1) is 11.6 Å². The number of alkyl halides is 1. The third-order valence-electron chi connectivity index (χ3n) is 5.85. The Morgan fingerprint density at radius 3 is 2.68 bits per heavy atom. The predicted octanol–water partition coefficient (Wildman–Crippen LogP) is 4.07. The number of fused-ring (bicyclic) bond motifs is 2. The van der Waals surface area contributed by atoms with Crippen LogP contribution in [0.3, 0.4) is 0 Å².